The Morgan fingerprint density at radius 2 is 2.21 bits per heavy atom. The Morgan fingerprint density at radius 3 is 2.96 bits per heavy atom. The average Bonchev–Trinajstić information content (AvgIpc) is 3.13. The third-order valence-corrected chi connectivity index (χ3v) is 4.37. The van der Waals surface area contributed by atoms with Gasteiger partial charge in [-0.1, -0.05) is 12.1 Å². The summed E-state index contributed by atoms with van der Waals surface area (Å²) in [7, 11) is 1.65. The molecule has 1 atom stereocenters. The molecule has 3 rings (SSSR count). The molecule has 0 amide bonds. The van der Waals surface area contributed by atoms with Crippen molar-refractivity contribution < 1.29 is 17.9 Å². The van der Waals surface area contributed by atoms with Gasteiger partial charge in [0.25, 0.3) is 0 Å². The fraction of sp³-hybridized carbons (Fsp3) is 0.368. The number of guanidine groups is 1. The van der Waals surface area contributed by atoms with Crippen molar-refractivity contribution in [3.63, 3.8) is 0 Å². The van der Waals surface area contributed by atoms with Crippen LogP contribution < -0.4 is 20.3 Å². The number of anilines is 1. The molecule has 150 valence electrons. The lowest BCUT2D eigenvalue weighted by Gasteiger charge is -2.20. The highest BCUT2D eigenvalue weighted by atomic mass is 19.3. The predicted octanol–water partition coefficient (Wildman–Crippen LogP) is 2.77. The van der Waals surface area contributed by atoms with E-state index in [1.54, 1.807) is 37.5 Å². The molecule has 1 aliphatic rings. The number of alkyl halides is 2. The van der Waals surface area contributed by atoms with Crippen LogP contribution in [0.3, 0.4) is 0 Å². The van der Waals surface area contributed by atoms with E-state index in [-0.39, 0.29) is 17.6 Å². The predicted molar refractivity (Wildman–Crippen MR) is 101 cm³/mol. The molecule has 28 heavy (non-hydrogen) atoms. The summed E-state index contributed by atoms with van der Waals surface area (Å²) in [6.45, 7) is -1.17. The van der Waals surface area contributed by atoms with Crippen LogP contribution in [0.25, 0.3) is 0 Å². The van der Waals surface area contributed by atoms with Crippen LogP contribution in [0, 0.1) is 5.82 Å². The molecule has 0 spiro atoms. The number of nitrogens with one attached hydrogen (secondary N) is 2. The average molecular weight is 393 g/mol. The first-order chi connectivity index (χ1) is 13.5. The van der Waals surface area contributed by atoms with Gasteiger partial charge in [0.05, 0.1) is 0 Å². The Morgan fingerprint density at radius 1 is 1.36 bits per heavy atom. The summed E-state index contributed by atoms with van der Waals surface area (Å²) in [4.78, 5) is 10.2. The van der Waals surface area contributed by atoms with Crippen LogP contribution in [-0.2, 0) is 6.54 Å². The number of halogens is 3. The Hall–Kier alpha value is -2.97. The van der Waals surface area contributed by atoms with Gasteiger partial charge in [0.2, 0.25) is 0 Å². The van der Waals surface area contributed by atoms with Gasteiger partial charge in [-0.3, -0.25) is 4.99 Å². The molecule has 2 heterocycles. The zero-order chi connectivity index (χ0) is 19.9. The Labute approximate surface area is 161 Å². The van der Waals surface area contributed by atoms with Crippen LogP contribution in [0.1, 0.15) is 12.0 Å². The maximum Gasteiger partial charge on any atom is 0.387 e. The number of aromatic nitrogens is 1. The molecule has 1 unspecified atom stereocenters. The summed E-state index contributed by atoms with van der Waals surface area (Å²) in [5.41, 5.74) is 0.782. The van der Waals surface area contributed by atoms with Gasteiger partial charge >= 0.3 is 6.61 Å². The van der Waals surface area contributed by atoms with Gasteiger partial charge in [0.15, 0.2) is 17.6 Å². The summed E-state index contributed by atoms with van der Waals surface area (Å²) in [6.07, 6.45) is 2.39. The maximum absolute atomic E-state index is 13.9. The second-order valence-electron chi connectivity index (χ2n) is 6.34. The maximum atomic E-state index is 13.9. The third kappa shape index (κ3) is 5.28. The molecule has 1 aromatic heterocycles. The fourth-order valence-corrected chi connectivity index (χ4v) is 3.09. The van der Waals surface area contributed by atoms with Crippen molar-refractivity contribution in [1.82, 2.24) is 15.6 Å². The molecule has 0 bridgehead atoms. The van der Waals surface area contributed by atoms with Crippen molar-refractivity contribution in [3.05, 3.63) is 54.0 Å². The summed E-state index contributed by atoms with van der Waals surface area (Å²) >= 11 is 0. The van der Waals surface area contributed by atoms with E-state index in [1.807, 2.05) is 4.90 Å². The molecule has 0 aliphatic carbocycles. The molecule has 0 radical (unpaired) electrons. The number of hydrogen-bond donors (Lipinski definition) is 2. The van der Waals surface area contributed by atoms with Gasteiger partial charge in [0.1, 0.15) is 5.75 Å². The first-order valence-electron chi connectivity index (χ1n) is 8.91. The van der Waals surface area contributed by atoms with Gasteiger partial charge < -0.3 is 20.3 Å². The number of rotatable bonds is 6. The molecular weight excluding hydrogens is 371 g/mol. The summed E-state index contributed by atoms with van der Waals surface area (Å²) in [5, 5.41) is 6.44. The first-order valence-corrected chi connectivity index (χ1v) is 8.91. The van der Waals surface area contributed by atoms with Crippen LogP contribution >= 0.6 is 0 Å². The third-order valence-electron chi connectivity index (χ3n) is 4.37. The lowest BCUT2D eigenvalue weighted by Crippen LogP contribution is -2.44. The molecule has 1 aromatic carbocycles. The Kier molecular flexibility index (Phi) is 6.57. The topological polar surface area (TPSA) is 61.8 Å². The number of nitrogens with zero attached hydrogens (tertiary/aromatic N) is 3. The van der Waals surface area contributed by atoms with E-state index >= 15 is 0 Å². The van der Waals surface area contributed by atoms with Crippen molar-refractivity contribution >= 4 is 11.8 Å². The van der Waals surface area contributed by atoms with Crippen LogP contribution in [0.5, 0.6) is 5.75 Å². The molecule has 1 saturated heterocycles. The largest absolute Gasteiger partial charge is 0.435 e. The van der Waals surface area contributed by atoms with Crippen molar-refractivity contribution in [2.75, 3.05) is 25.0 Å². The van der Waals surface area contributed by atoms with Crippen molar-refractivity contribution in [1.29, 1.82) is 0 Å². The number of benzene rings is 1. The van der Waals surface area contributed by atoms with Crippen LogP contribution in [-0.4, -0.2) is 43.7 Å². The number of hydrogen-bond acceptors (Lipinski definition) is 4. The molecule has 6 nitrogen and oxygen atoms in total. The number of ether oxygens (including phenoxy) is 1. The zero-order valence-corrected chi connectivity index (χ0v) is 15.4. The van der Waals surface area contributed by atoms with Crippen LogP contribution in [0.15, 0.2) is 47.6 Å². The quantitative estimate of drug-likeness (QED) is 0.584. The SMILES string of the molecule is CN=C(NCc1cccc(OC(F)F)c1)NC1CCN(c2ncccc2F)C1. The van der Waals surface area contributed by atoms with Gasteiger partial charge in [-0.15, -0.1) is 0 Å². The Balaban J connectivity index is 1.52. The van der Waals surface area contributed by atoms with Crippen LogP contribution in [0.2, 0.25) is 0 Å². The zero-order valence-electron chi connectivity index (χ0n) is 15.4. The molecule has 1 aliphatic heterocycles. The highest BCUT2D eigenvalue weighted by Crippen LogP contribution is 2.21. The van der Waals surface area contributed by atoms with E-state index in [2.05, 4.69) is 25.3 Å². The van der Waals surface area contributed by atoms with Gasteiger partial charge in [-0.2, -0.15) is 8.78 Å². The fourth-order valence-electron chi connectivity index (χ4n) is 3.09. The minimum absolute atomic E-state index is 0.0844. The molecule has 0 saturated carbocycles. The van der Waals surface area contributed by atoms with E-state index in [9.17, 15) is 13.2 Å². The van der Waals surface area contributed by atoms with Crippen molar-refractivity contribution in [2.45, 2.75) is 25.6 Å². The lowest BCUT2D eigenvalue weighted by atomic mass is 10.2. The van der Waals surface area contributed by atoms with E-state index in [0.29, 0.717) is 31.4 Å². The van der Waals surface area contributed by atoms with E-state index < -0.39 is 6.61 Å². The first kappa shape index (κ1) is 19.8. The number of aliphatic imine (C=N–C) groups is 1. The highest BCUT2D eigenvalue weighted by Gasteiger charge is 2.25. The monoisotopic (exact) mass is 393 g/mol. The molecule has 9 heteroatoms. The summed E-state index contributed by atoms with van der Waals surface area (Å²) in [5.74, 6) is 0.705. The van der Waals surface area contributed by atoms with Gasteiger partial charge in [-0.05, 0) is 36.2 Å². The van der Waals surface area contributed by atoms with E-state index in [1.165, 1.54) is 12.1 Å². The molecular formula is C19H22F3N5O. The van der Waals surface area contributed by atoms with Gasteiger partial charge in [0, 0.05) is 38.9 Å². The lowest BCUT2D eigenvalue weighted by molar-refractivity contribution is -0.0498. The smallest absolute Gasteiger partial charge is 0.387 e. The van der Waals surface area contributed by atoms with E-state index in [4.69, 9.17) is 0 Å². The standard InChI is InChI=1S/C19H22F3N5O/c1-23-19(25-11-13-4-2-5-15(10-13)28-18(21)22)26-14-7-9-27(12-14)17-16(20)6-3-8-24-17/h2-6,8,10,14,18H,7,9,11-12H2,1H3,(H2,23,25,26). The second-order valence-corrected chi connectivity index (χ2v) is 6.34. The minimum Gasteiger partial charge on any atom is -0.435 e. The summed E-state index contributed by atoms with van der Waals surface area (Å²) < 4.78 is 43.0. The molecule has 2 N–H and O–H groups in total. The van der Waals surface area contributed by atoms with Gasteiger partial charge in [-0.25, -0.2) is 9.37 Å². The normalized spacial score (nSPS) is 17.1. The van der Waals surface area contributed by atoms with Crippen molar-refractivity contribution in [3.8, 4) is 5.75 Å². The molecule has 2 aromatic rings. The number of pyridine rings is 1. The van der Waals surface area contributed by atoms with Crippen LogP contribution in [0.4, 0.5) is 19.0 Å². The van der Waals surface area contributed by atoms with Crippen molar-refractivity contribution in [2.24, 2.45) is 4.99 Å². The van der Waals surface area contributed by atoms with E-state index in [0.717, 1.165) is 12.0 Å². The summed E-state index contributed by atoms with van der Waals surface area (Å²) in [6, 6.07) is 9.54. The highest BCUT2D eigenvalue weighted by molar-refractivity contribution is 5.80. The Bertz CT molecular complexity index is 818. The second kappa shape index (κ2) is 9.29. The minimum atomic E-state index is -2.85. The molecule has 1 fully saturated rings.